The summed E-state index contributed by atoms with van der Waals surface area (Å²) in [5, 5.41) is 0. The quantitative estimate of drug-likeness (QED) is 0.163. The van der Waals surface area contributed by atoms with Crippen molar-refractivity contribution >= 4 is 7.82 Å². The Morgan fingerprint density at radius 2 is 0.931 bits per heavy atom. The molecule has 0 heterocycles. The number of ether oxygens (including phenoxy) is 1. The van der Waals surface area contributed by atoms with Crippen molar-refractivity contribution in [3.63, 3.8) is 0 Å². The maximum Gasteiger partial charge on any atom is 1.00 e. The molecule has 7 heteroatoms. The monoisotopic (exact) mass is 448 g/mol. The molecule has 0 aromatic rings. The number of hydrogen-bond donors (Lipinski definition) is 2. The zero-order chi connectivity index (χ0) is 21.3. The van der Waals surface area contributed by atoms with Gasteiger partial charge in [0.1, 0.15) is 0 Å². The van der Waals surface area contributed by atoms with Crippen LogP contribution in [0.2, 0.25) is 0 Å². The van der Waals surface area contributed by atoms with Crippen molar-refractivity contribution in [3.05, 3.63) is 0 Å². The molecular weight excluding hydrogens is 398 g/mol. The molecule has 0 spiro atoms. The molecule has 0 aromatic heterocycles. The number of hydrogen-bond acceptors (Lipinski definition) is 3. The Morgan fingerprint density at radius 3 is 1.17 bits per heavy atom. The molecule has 0 unspecified atom stereocenters. The van der Waals surface area contributed by atoms with Crippen LogP contribution in [-0.4, -0.2) is 29.6 Å². The molecule has 0 rings (SSSR count). The van der Waals surface area contributed by atoms with E-state index in [-0.39, 0.29) is 37.6 Å². The summed E-state index contributed by atoms with van der Waals surface area (Å²) in [6.45, 7) is 8.10. The topological polar surface area (TPSA) is 76.0 Å². The first-order valence-corrected chi connectivity index (χ1v) is 13.3. The van der Waals surface area contributed by atoms with Crippen molar-refractivity contribution in [2.24, 2.45) is 0 Å². The SMILES string of the molecule is CCCCCCCCCCCCCCCCCCOP(=O)(O)O.CCOCC.[H-].[Na+]. The largest absolute Gasteiger partial charge is 1.00 e. The summed E-state index contributed by atoms with van der Waals surface area (Å²) in [6.07, 6.45) is 20.7. The average Bonchev–Trinajstić information content (AvgIpc) is 2.64. The molecule has 0 aliphatic heterocycles. The van der Waals surface area contributed by atoms with Gasteiger partial charge in [0.05, 0.1) is 6.61 Å². The zero-order valence-electron chi connectivity index (χ0n) is 21.0. The maximum absolute atomic E-state index is 10.5. The van der Waals surface area contributed by atoms with E-state index in [0.717, 1.165) is 32.5 Å². The van der Waals surface area contributed by atoms with Gasteiger partial charge in [0.2, 0.25) is 0 Å². The van der Waals surface area contributed by atoms with E-state index in [9.17, 15) is 4.57 Å². The van der Waals surface area contributed by atoms with Gasteiger partial charge in [0.25, 0.3) is 0 Å². The van der Waals surface area contributed by atoms with E-state index in [0.29, 0.717) is 0 Å². The molecule has 0 aromatic carbocycles. The molecular formula is C22H50NaO5P. The van der Waals surface area contributed by atoms with Crippen LogP contribution in [0.1, 0.15) is 125 Å². The maximum atomic E-state index is 10.5. The van der Waals surface area contributed by atoms with Crippen molar-refractivity contribution < 1.29 is 54.6 Å². The van der Waals surface area contributed by atoms with Gasteiger partial charge in [-0.2, -0.15) is 0 Å². The van der Waals surface area contributed by atoms with Crippen LogP contribution in [0.25, 0.3) is 0 Å². The van der Waals surface area contributed by atoms with Gasteiger partial charge in [-0.15, -0.1) is 0 Å². The summed E-state index contributed by atoms with van der Waals surface area (Å²) in [7, 11) is -4.26. The van der Waals surface area contributed by atoms with E-state index in [1.54, 1.807) is 0 Å². The molecule has 2 N–H and O–H groups in total. The van der Waals surface area contributed by atoms with Crippen LogP contribution in [0.3, 0.4) is 0 Å². The van der Waals surface area contributed by atoms with E-state index in [1.165, 1.54) is 83.5 Å². The fraction of sp³-hybridized carbons (Fsp3) is 1.00. The summed E-state index contributed by atoms with van der Waals surface area (Å²) < 4.78 is 19.7. The molecule has 0 fully saturated rings. The van der Waals surface area contributed by atoms with E-state index >= 15 is 0 Å². The Balaban J connectivity index is -0.000000429. The first-order chi connectivity index (χ1) is 13.5. The summed E-state index contributed by atoms with van der Waals surface area (Å²) >= 11 is 0. The molecule has 29 heavy (non-hydrogen) atoms. The van der Waals surface area contributed by atoms with Crippen LogP contribution < -0.4 is 29.6 Å². The second-order valence-electron chi connectivity index (χ2n) is 7.41. The van der Waals surface area contributed by atoms with Gasteiger partial charge in [0.15, 0.2) is 0 Å². The smallest absolute Gasteiger partial charge is 1.00 e. The number of rotatable bonds is 20. The fourth-order valence-electron chi connectivity index (χ4n) is 3.04. The molecule has 5 nitrogen and oxygen atoms in total. The van der Waals surface area contributed by atoms with Crippen LogP contribution >= 0.6 is 7.82 Å². The molecule has 0 bridgehead atoms. The average molecular weight is 449 g/mol. The predicted octanol–water partition coefficient (Wildman–Crippen LogP) is 4.52. The summed E-state index contributed by atoms with van der Waals surface area (Å²) in [5.74, 6) is 0. The minimum absolute atomic E-state index is 0. The number of phosphoric ester groups is 1. The molecule has 0 radical (unpaired) electrons. The Kier molecular flexibility index (Phi) is 34.8. The van der Waals surface area contributed by atoms with Crippen molar-refractivity contribution in [1.82, 2.24) is 0 Å². The molecule has 0 amide bonds. The second kappa shape index (κ2) is 29.1. The van der Waals surface area contributed by atoms with Crippen molar-refractivity contribution in [3.8, 4) is 0 Å². The first kappa shape index (κ1) is 34.7. The fourth-order valence-corrected chi connectivity index (χ4v) is 3.40. The minimum Gasteiger partial charge on any atom is -1.00 e. The second-order valence-corrected chi connectivity index (χ2v) is 8.65. The van der Waals surface area contributed by atoms with Gasteiger partial charge < -0.3 is 16.0 Å². The third kappa shape index (κ3) is 40.0. The zero-order valence-corrected chi connectivity index (χ0v) is 22.9. The molecule has 174 valence electrons. The van der Waals surface area contributed by atoms with Crippen molar-refractivity contribution in [1.29, 1.82) is 0 Å². The van der Waals surface area contributed by atoms with E-state index < -0.39 is 7.82 Å². The van der Waals surface area contributed by atoms with Gasteiger partial charge >= 0.3 is 37.4 Å². The third-order valence-electron chi connectivity index (χ3n) is 4.67. The van der Waals surface area contributed by atoms with Gasteiger partial charge in [-0.25, -0.2) is 4.57 Å². The molecule has 0 aliphatic rings. The van der Waals surface area contributed by atoms with Gasteiger partial charge in [-0.1, -0.05) is 103 Å². The first-order valence-electron chi connectivity index (χ1n) is 11.8. The summed E-state index contributed by atoms with van der Waals surface area (Å²) in [5.41, 5.74) is 0. The van der Waals surface area contributed by atoms with Crippen LogP contribution in [0, 0.1) is 0 Å². The Bertz CT molecular complexity index is 331. The van der Waals surface area contributed by atoms with Crippen LogP contribution in [0.4, 0.5) is 0 Å². The normalized spacial score (nSPS) is 10.9. The Hall–Kier alpha value is 1.07. The molecule has 0 atom stereocenters. The minimum atomic E-state index is -4.26. The Labute approximate surface area is 205 Å². The van der Waals surface area contributed by atoms with Gasteiger partial charge in [-0.3, -0.25) is 4.52 Å². The van der Waals surface area contributed by atoms with Crippen LogP contribution in [0.5, 0.6) is 0 Å². The molecule has 0 aliphatic carbocycles. The van der Waals surface area contributed by atoms with Gasteiger partial charge in [-0.05, 0) is 20.3 Å². The molecule has 0 saturated heterocycles. The summed E-state index contributed by atoms with van der Waals surface area (Å²) in [6, 6.07) is 0. The number of phosphoric acid groups is 1. The van der Waals surface area contributed by atoms with E-state index in [4.69, 9.17) is 14.5 Å². The van der Waals surface area contributed by atoms with Crippen molar-refractivity contribution in [2.45, 2.75) is 124 Å². The number of unbranched alkanes of at least 4 members (excludes halogenated alkanes) is 15. The standard InChI is InChI=1S/C18H39O4P.C4H10O.Na.H/c1-2-3-4-5-6-7-8-9-10-11-12-13-14-15-16-17-18-22-23(19,20)21;1-3-5-4-2;;/h2-18H2,1H3,(H2,19,20,21);3-4H2,1-2H3;;/q;;+1;-1. The van der Waals surface area contributed by atoms with Crippen LogP contribution in [-0.2, 0) is 13.8 Å². The van der Waals surface area contributed by atoms with Crippen molar-refractivity contribution in [2.75, 3.05) is 19.8 Å². The summed E-state index contributed by atoms with van der Waals surface area (Å²) in [4.78, 5) is 17.1. The predicted molar refractivity (Wildman–Crippen MR) is 121 cm³/mol. The Morgan fingerprint density at radius 1 is 0.621 bits per heavy atom. The van der Waals surface area contributed by atoms with Crippen LogP contribution in [0.15, 0.2) is 0 Å². The van der Waals surface area contributed by atoms with Gasteiger partial charge in [0, 0.05) is 13.2 Å². The third-order valence-corrected chi connectivity index (χ3v) is 5.18. The van der Waals surface area contributed by atoms with E-state index in [2.05, 4.69) is 11.4 Å². The molecule has 0 saturated carbocycles. The van der Waals surface area contributed by atoms with E-state index in [1.807, 2.05) is 13.8 Å².